The van der Waals surface area contributed by atoms with Crippen LogP contribution in [0, 0.1) is 35.6 Å². The molecule has 12 heavy (non-hydrogen) atoms. The van der Waals surface area contributed by atoms with E-state index in [0.29, 0.717) is 5.69 Å². The third kappa shape index (κ3) is 3.24. The molecular weight excluding hydrogens is 305 g/mol. The maximum absolute atomic E-state index is 10.5. The van der Waals surface area contributed by atoms with Gasteiger partial charge in [-0.25, -0.2) is 0 Å². The Bertz CT molecular complexity index is 346. The molecule has 0 amide bonds. The predicted octanol–water partition coefficient (Wildman–Crippen LogP) is 0.516. The molecule has 63 valence electrons. The van der Waals surface area contributed by atoms with Crippen molar-refractivity contribution in [2.75, 3.05) is 5.73 Å². The van der Waals surface area contributed by atoms with E-state index < -0.39 is 10.1 Å². The zero-order valence-electron chi connectivity index (χ0n) is 6.14. The van der Waals surface area contributed by atoms with Crippen molar-refractivity contribution in [2.24, 2.45) is 0 Å². The Morgan fingerprint density at radius 1 is 1.17 bits per heavy atom. The van der Waals surface area contributed by atoms with Gasteiger partial charge in [-0.15, -0.1) is 0 Å². The van der Waals surface area contributed by atoms with Crippen molar-refractivity contribution >= 4 is 15.8 Å². The van der Waals surface area contributed by atoms with Gasteiger partial charge in [0.25, 0.3) is 10.1 Å². The molecule has 1 aromatic carbocycles. The standard InChI is InChI=1S/C6H7NO3S.La/c7-5-1-3-6(4-2-5)11(8,9)10;/h1-4H,7H2,(H,8,9,10);. The second kappa shape index (κ2) is 4.39. The smallest absolute Gasteiger partial charge is 0.294 e. The van der Waals surface area contributed by atoms with E-state index in [2.05, 4.69) is 0 Å². The summed E-state index contributed by atoms with van der Waals surface area (Å²) in [5, 5.41) is 0. The molecule has 0 heterocycles. The first-order valence-electron chi connectivity index (χ1n) is 2.83. The Morgan fingerprint density at radius 3 is 1.92 bits per heavy atom. The van der Waals surface area contributed by atoms with E-state index in [-0.39, 0.29) is 40.5 Å². The molecule has 0 aliphatic carbocycles. The SMILES string of the molecule is Nc1ccc(S(=O)(=O)O)cc1.[La]. The summed E-state index contributed by atoms with van der Waals surface area (Å²) in [6.45, 7) is 0. The van der Waals surface area contributed by atoms with Crippen LogP contribution in [0.2, 0.25) is 0 Å². The minimum Gasteiger partial charge on any atom is -0.399 e. The maximum Gasteiger partial charge on any atom is 0.294 e. The normalized spacial score (nSPS) is 10.4. The maximum atomic E-state index is 10.5. The average Bonchev–Trinajstić information content (AvgIpc) is 1.86. The molecule has 1 radical (unpaired) electrons. The summed E-state index contributed by atoms with van der Waals surface area (Å²) in [5.41, 5.74) is 5.75. The van der Waals surface area contributed by atoms with Gasteiger partial charge in [0, 0.05) is 41.3 Å². The monoisotopic (exact) mass is 312 g/mol. The van der Waals surface area contributed by atoms with E-state index in [4.69, 9.17) is 10.3 Å². The van der Waals surface area contributed by atoms with Crippen LogP contribution in [0.3, 0.4) is 0 Å². The van der Waals surface area contributed by atoms with Gasteiger partial charge in [0.15, 0.2) is 0 Å². The number of anilines is 1. The van der Waals surface area contributed by atoms with E-state index >= 15 is 0 Å². The van der Waals surface area contributed by atoms with Gasteiger partial charge in [-0.1, -0.05) is 0 Å². The fourth-order valence-corrected chi connectivity index (χ4v) is 1.12. The van der Waals surface area contributed by atoms with Gasteiger partial charge in [0.1, 0.15) is 0 Å². The summed E-state index contributed by atoms with van der Waals surface area (Å²) >= 11 is 0. The molecule has 6 heteroatoms. The van der Waals surface area contributed by atoms with Crippen LogP contribution in [-0.2, 0) is 10.1 Å². The molecule has 0 saturated carbocycles. The zero-order chi connectivity index (χ0) is 8.48. The number of hydrogen-bond donors (Lipinski definition) is 2. The first-order chi connectivity index (χ1) is 5.00. The Hall–Kier alpha value is 0.125. The van der Waals surface area contributed by atoms with Crippen LogP contribution in [0.1, 0.15) is 0 Å². The van der Waals surface area contributed by atoms with Gasteiger partial charge in [0.05, 0.1) is 4.90 Å². The van der Waals surface area contributed by atoms with E-state index in [1.165, 1.54) is 24.3 Å². The number of rotatable bonds is 1. The minimum atomic E-state index is -4.08. The summed E-state index contributed by atoms with van der Waals surface area (Å²) in [4.78, 5) is -0.147. The molecular formula is C6H7LaNO3S. The molecule has 0 bridgehead atoms. The summed E-state index contributed by atoms with van der Waals surface area (Å²) < 4.78 is 29.4. The quantitative estimate of drug-likeness (QED) is 0.585. The number of hydrogen-bond acceptors (Lipinski definition) is 3. The zero-order valence-corrected chi connectivity index (χ0v) is 10.6. The molecule has 0 aromatic heterocycles. The summed E-state index contributed by atoms with van der Waals surface area (Å²) in [6.07, 6.45) is 0. The third-order valence-electron chi connectivity index (χ3n) is 1.18. The summed E-state index contributed by atoms with van der Waals surface area (Å²) in [6, 6.07) is 5.29. The van der Waals surface area contributed by atoms with Crippen molar-refractivity contribution in [3.8, 4) is 0 Å². The van der Waals surface area contributed by atoms with Crippen LogP contribution in [0.4, 0.5) is 5.69 Å². The Kier molecular flexibility index (Phi) is 4.43. The molecule has 0 spiro atoms. The largest absolute Gasteiger partial charge is 0.399 e. The van der Waals surface area contributed by atoms with Gasteiger partial charge in [-0.2, -0.15) is 8.42 Å². The molecule has 0 saturated heterocycles. The van der Waals surface area contributed by atoms with Gasteiger partial charge >= 0.3 is 0 Å². The number of nitrogen functional groups attached to an aromatic ring is 1. The molecule has 4 nitrogen and oxygen atoms in total. The first kappa shape index (κ1) is 12.1. The molecule has 3 N–H and O–H groups in total. The number of benzene rings is 1. The van der Waals surface area contributed by atoms with E-state index in [1.54, 1.807) is 0 Å². The van der Waals surface area contributed by atoms with Crippen LogP contribution in [-0.4, -0.2) is 13.0 Å². The average molecular weight is 312 g/mol. The molecule has 0 atom stereocenters. The van der Waals surface area contributed by atoms with Crippen molar-refractivity contribution in [2.45, 2.75) is 4.90 Å². The molecule has 0 aliphatic heterocycles. The van der Waals surface area contributed by atoms with Gasteiger partial charge in [-0.3, -0.25) is 4.55 Å². The van der Waals surface area contributed by atoms with Crippen LogP contribution in [0.15, 0.2) is 29.2 Å². The van der Waals surface area contributed by atoms with Gasteiger partial charge in [-0.05, 0) is 24.3 Å². The van der Waals surface area contributed by atoms with E-state index in [0.717, 1.165) is 0 Å². The van der Waals surface area contributed by atoms with Crippen LogP contribution in [0.5, 0.6) is 0 Å². The Morgan fingerprint density at radius 2 is 1.58 bits per heavy atom. The fraction of sp³-hybridized carbons (Fsp3) is 0. The molecule has 0 aliphatic rings. The topological polar surface area (TPSA) is 80.4 Å². The minimum absolute atomic E-state index is 0. The second-order valence-electron chi connectivity index (χ2n) is 2.04. The van der Waals surface area contributed by atoms with Crippen molar-refractivity contribution in [1.82, 2.24) is 0 Å². The van der Waals surface area contributed by atoms with E-state index in [1.807, 2.05) is 0 Å². The van der Waals surface area contributed by atoms with Crippen LogP contribution in [0.25, 0.3) is 0 Å². The first-order valence-corrected chi connectivity index (χ1v) is 4.27. The number of nitrogens with two attached hydrogens (primary N) is 1. The summed E-state index contributed by atoms with van der Waals surface area (Å²) in [7, 11) is -4.08. The second-order valence-corrected chi connectivity index (χ2v) is 3.47. The van der Waals surface area contributed by atoms with Gasteiger partial charge in [0.2, 0.25) is 0 Å². The fourth-order valence-electron chi connectivity index (χ4n) is 0.640. The molecule has 0 unspecified atom stereocenters. The van der Waals surface area contributed by atoms with Crippen molar-refractivity contribution in [1.29, 1.82) is 0 Å². The Labute approximate surface area is 98.5 Å². The summed E-state index contributed by atoms with van der Waals surface area (Å²) in [5.74, 6) is 0. The Balaban J connectivity index is 0.00000121. The predicted molar refractivity (Wildman–Crippen MR) is 40.7 cm³/mol. The van der Waals surface area contributed by atoms with Crippen LogP contribution >= 0.6 is 0 Å². The molecule has 1 aromatic rings. The third-order valence-corrected chi connectivity index (χ3v) is 2.05. The van der Waals surface area contributed by atoms with Gasteiger partial charge < -0.3 is 5.73 Å². The van der Waals surface area contributed by atoms with E-state index in [9.17, 15) is 8.42 Å². The van der Waals surface area contributed by atoms with Crippen molar-refractivity contribution < 1.29 is 48.6 Å². The molecule has 1 rings (SSSR count). The molecule has 0 fully saturated rings. The van der Waals surface area contributed by atoms with Crippen LogP contribution < -0.4 is 5.73 Å². The van der Waals surface area contributed by atoms with Crippen molar-refractivity contribution in [3.05, 3.63) is 24.3 Å². The van der Waals surface area contributed by atoms with Crippen molar-refractivity contribution in [3.63, 3.8) is 0 Å².